The molecule has 0 amide bonds. The summed E-state index contributed by atoms with van der Waals surface area (Å²) in [7, 11) is 0. The molecular weight excluding hydrogens is 293 g/mol. The number of hydrogen-bond acceptors (Lipinski definition) is 2. The van der Waals surface area contributed by atoms with Crippen LogP contribution in [-0.2, 0) is 6.42 Å². The van der Waals surface area contributed by atoms with Crippen molar-refractivity contribution in [1.82, 2.24) is 5.32 Å². The smallest absolute Gasteiger partial charge is 0.105 e. The number of halogens is 2. The van der Waals surface area contributed by atoms with Crippen molar-refractivity contribution >= 4 is 23.2 Å². The maximum Gasteiger partial charge on any atom is 0.105 e. The van der Waals surface area contributed by atoms with E-state index in [-0.39, 0.29) is 6.04 Å². The third-order valence-corrected chi connectivity index (χ3v) is 3.99. The van der Waals surface area contributed by atoms with Crippen LogP contribution in [0.4, 0.5) is 0 Å². The first kappa shape index (κ1) is 15.4. The van der Waals surface area contributed by atoms with Crippen LogP contribution in [0, 0.1) is 13.8 Å². The molecule has 0 saturated heterocycles. The Labute approximate surface area is 130 Å². The van der Waals surface area contributed by atoms with Gasteiger partial charge >= 0.3 is 0 Å². The Morgan fingerprint density at radius 1 is 1.20 bits per heavy atom. The van der Waals surface area contributed by atoms with Gasteiger partial charge in [-0.3, -0.25) is 0 Å². The van der Waals surface area contributed by atoms with E-state index in [1.54, 1.807) is 6.07 Å². The fraction of sp³-hybridized carbons (Fsp3) is 0.375. The normalized spacial score (nSPS) is 12.7. The summed E-state index contributed by atoms with van der Waals surface area (Å²) in [5.74, 6) is 1.93. The van der Waals surface area contributed by atoms with Crippen LogP contribution in [-0.4, -0.2) is 6.54 Å². The molecule has 1 N–H and O–H groups in total. The monoisotopic (exact) mass is 311 g/mol. The van der Waals surface area contributed by atoms with Crippen LogP contribution in [0.15, 0.2) is 28.7 Å². The van der Waals surface area contributed by atoms with Gasteiger partial charge in [0, 0.05) is 21.7 Å². The van der Waals surface area contributed by atoms with Crippen LogP contribution < -0.4 is 5.32 Å². The van der Waals surface area contributed by atoms with Crippen molar-refractivity contribution in [2.45, 2.75) is 33.2 Å². The highest BCUT2D eigenvalue weighted by Crippen LogP contribution is 2.23. The van der Waals surface area contributed by atoms with E-state index in [1.807, 2.05) is 26.0 Å². The average molecular weight is 312 g/mol. The van der Waals surface area contributed by atoms with Crippen LogP contribution in [0.5, 0.6) is 0 Å². The van der Waals surface area contributed by atoms with Crippen molar-refractivity contribution in [3.05, 3.63) is 57.0 Å². The van der Waals surface area contributed by atoms with E-state index < -0.39 is 0 Å². The van der Waals surface area contributed by atoms with Gasteiger partial charge in [-0.25, -0.2) is 0 Å². The molecular formula is C16H19Cl2NO. The molecule has 0 radical (unpaired) electrons. The lowest BCUT2D eigenvalue weighted by Crippen LogP contribution is -2.21. The third kappa shape index (κ3) is 3.78. The van der Waals surface area contributed by atoms with E-state index in [2.05, 4.69) is 18.3 Å². The first-order chi connectivity index (χ1) is 9.47. The predicted octanol–water partition coefficient (Wildman–Crippen LogP) is 5.10. The zero-order valence-electron chi connectivity index (χ0n) is 12.0. The lowest BCUT2D eigenvalue weighted by molar-refractivity contribution is 0.490. The zero-order valence-corrected chi connectivity index (χ0v) is 13.5. The molecule has 0 aliphatic rings. The summed E-state index contributed by atoms with van der Waals surface area (Å²) in [6.07, 6.45) is 0.871. The fourth-order valence-electron chi connectivity index (χ4n) is 2.34. The average Bonchev–Trinajstić information content (AvgIpc) is 2.71. The fourth-order valence-corrected chi connectivity index (χ4v) is 2.84. The Kier molecular flexibility index (Phi) is 5.14. The summed E-state index contributed by atoms with van der Waals surface area (Å²) in [5.41, 5.74) is 2.32. The van der Waals surface area contributed by atoms with E-state index in [1.165, 1.54) is 5.56 Å². The van der Waals surface area contributed by atoms with Gasteiger partial charge in [0.25, 0.3) is 0 Å². The van der Waals surface area contributed by atoms with Crippen LogP contribution in [0.1, 0.15) is 35.6 Å². The number of benzene rings is 1. The SMILES string of the molecule is Cc1cc(C(C)NCCc2ccc(Cl)cc2Cl)c(C)o1. The van der Waals surface area contributed by atoms with Gasteiger partial charge in [-0.05, 0) is 57.5 Å². The molecule has 0 fully saturated rings. The van der Waals surface area contributed by atoms with E-state index in [0.717, 1.165) is 35.1 Å². The number of furan rings is 1. The number of nitrogens with one attached hydrogen (secondary N) is 1. The number of hydrogen-bond donors (Lipinski definition) is 1. The Morgan fingerprint density at radius 3 is 2.55 bits per heavy atom. The Balaban J connectivity index is 1.91. The number of aryl methyl sites for hydroxylation is 2. The van der Waals surface area contributed by atoms with Gasteiger partial charge in [-0.1, -0.05) is 29.3 Å². The second-order valence-corrected chi connectivity index (χ2v) is 5.87. The van der Waals surface area contributed by atoms with Gasteiger partial charge in [0.15, 0.2) is 0 Å². The second-order valence-electron chi connectivity index (χ2n) is 5.03. The molecule has 2 aromatic rings. The molecule has 1 atom stereocenters. The topological polar surface area (TPSA) is 25.2 Å². The minimum absolute atomic E-state index is 0.263. The van der Waals surface area contributed by atoms with E-state index in [4.69, 9.17) is 27.6 Å². The van der Waals surface area contributed by atoms with Crippen LogP contribution in [0.2, 0.25) is 10.0 Å². The largest absolute Gasteiger partial charge is 0.466 e. The first-order valence-electron chi connectivity index (χ1n) is 6.71. The van der Waals surface area contributed by atoms with Gasteiger partial charge in [0.05, 0.1) is 0 Å². The van der Waals surface area contributed by atoms with Crippen LogP contribution >= 0.6 is 23.2 Å². The van der Waals surface area contributed by atoms with E-state index in [9.17, 15) is 0 Å². The summed E-state index contributed by atoms with van der Waals surface area (Å²) in [5, 5.41) is 4.89. The lowest BCUT2D eigenvalue weighted by Gasteiger charge is -2.13. The van der Waals surface area contributed by atoms with Crippen LogP contribution in [0.3, 0.4) is 0 Å². The molecule has 0 saturated carbocycles. The summed E-state index contributed by atoms with van der Waals surface area (Å²) in [6, 6.07) is 7.98. The predicted molar refractivity (Wildman–Crippen MR) is 84.8 cm³/mol. The minimum atomic E-state index is 0.263. The van der Waals surface area contributed by atoms with Crippen molar-refractivity contribution in [2.24, 2.45) is 0 Å². The van der Waals surface area contributed by atoms with Gasteiger partial charge in [0.2, 0.25) is 0 Å². The molecule has 1 unspecified atom stereocenters. The first-order valence-corrected chi connectivity index (χ1v) is 7.47. The van der Waals surface area contributed by atoms with E-state index in [0.29, 0.717) is 5.02 Å². The molecule has 0 spiro atoms. The highest BCUT2D eigenvalue weighted by molar-refractivity contribution is 6.35. The molecule has 4 heteroatoms. The Bertz CT molecular complexity index is 592. The van der Waals surface area contributed by atoms with Crippen molar-refractivity contribution in [3.8, 4) is 0 Å². The zero-order chi connectivity index (χ0) is 14.7. The molecule has 1 aromatic heterocycles. The van der Waals surface area contributed by atoms with Crippen molar-refractivity contribution < 1.29 is 4.42 Å². The minimum Gasteiger partial charge on any atom is -0.466 e. The van der Waals surface area contributed by atoms with Crippen molar-refractivity contribution in [2.75, 3.05) is 6.54 Å². The molecule has 2 nitrogen and oxygen atoms in total. The molecule has 0 bridgehead atoms. The standard InChI is InChI=1S/C16H19Cl2NO/c1-10-8-15(12(3)20-10)11(2)19-7-6-13-4-5-14(17)9-16(13)18/h4-5,8-9,11,19H,6-7H2,1-3H3. The summed E-state index contributed by atoms with van der Waals surface area (Å²) < 4.78 is 5.56. The third-order valence-electron chi connectivity index (χ3n) is 3.41. The van der Waals surface area contributed by atoms with Gasteiger partial charge in [-0.2, -0.15) is 0 Å². The van der Waals surface area contributed by atoms with Gasteiger partial charge in [0.1, 0.15) is 11.5 Å². The van der Waals surface area contributed by atoms with Gasteiger partial charge < -0.3 is 9.73 Å². The summed E-state index contributed by atoms with van der Waals surface area (Å²) >= 11 is 12.1. The Morgan fingerprint density at radius 2 is 1.95 bits per heavy atom. The maximum atomic E-state index is 6.16. The van der Waals surface area contributed by atoms with Crippen molar-refractivity contribution in [3.63, 3.8) is 0 Å². The number of rotatable bonds is 5. The molecule has 20 heavy (non-hydrogen) atoms. The maximum absolute atomic E-state index is 6.16. The molecule has 0 aliphatic heterocycles. The van der Waals surface area contributed by atoms with Crippen molar-refractivity contribution in [1.29, 1.82) is 0 Å². The van der Waals surface area contributed by atoms with E-state index >= 15 is 0 Å². The molecule has 1 heterocycles. The summed E-state index contributed by atoms with van der Waals surface area (Å²) in [4.78, 5) is 0. The molecule has 108 valence electrons. The molecule has 1 aromatic carbocycles. The van der Waals surface area contributed by atoms with Crippen LogP contribution in [0.25, 0.3) is 0 Å². The highest BCUT2D eigenvalue weighted by Gasteiger charge is 2.12. The Hall–Kier alpha value is -0.960. The highest BCUT2D eigenvalue weighted by atomic mass is 35.5. The molecule has 0 aliphatic carbocycles. The lowest BCUT2D eigenvalue weighted by atomic mass is 10.1. The van der Waals surface area contributed by atoms with Gasteiger partial charge in [-0.15, -0.1) is 0 Å². The summed E-state index contributed by atoms with van der Waals surface area (Å²) in [6.45, 7) is 6.96. The quantitative estimate of drug-likeness (QED) is 0.831. The molecule has 2 rings (SSSR count). The second kappa shape index (κ2) is 6.66.